The van der Waals surface area contributed by atoms with E-state index < -0.39 is 0 Å². The van der Waals surface area contributed by atoms with Crippen molar-refractivity contribution in [3.8, 4) is 0 Å². The van der Waals surface area contributed by atoms with Crippen molar-refractivity contribution in [3.05, 3.63) is 48.3 Å². The molecule has 0 aliphatic carbocycles. The molecule has 0 spiro atoms. The van der Waals surface area contributed by atoms with Crippen LogP contribution in [0.4, 0.5) is 0 Å². The summed E-state index contributed by atoms with van der Waals surface area (Å²) in [7, 11) is 0. The van der Waals surface area contributed by atoms with Crippen LogP contribution in [-0.2, 0) is 13.1 Å². The number of guanidine groups is 2. The fourth-order valence-corrected chi connectivity index (χ4v) is 1.14. The molecule has 2 aromatic rings. The Hall–Kier alpha value is -2.32. The maximum atomic E-state index is 5.10. The van der Waals surface area contributed by atoms with Gasteiger partial charge in [-0.15, -0.1) is 24.8 Å². The Balaban J connectivity index is 0. The van der Waals surface area contributed by atoms with Gasteiger partial charge in [0.05, 0.1) is 12.5 Å². The smallest absolute Gasteiger partial charge is 0.186 e. The third kappa shape index (κ3) is 10.5. The first-order valence-corrected chi connectivity index (χ1v) is 5.73. The Bertz CT molecular complexity index is 482. The van der Waals surface area contributed by atoms with Crippen molar-refractivity contribution in [2.24, 2.45) is 32.9 Å². The molecule has 124 valence electrons. The van der Waals surface area contributed by atoms with Gasteiger partial charge in [0.25, 0.3) is 0 Å². The maximum absolute atomic E-state index is 5.10. The van der Waals surface area contributed by atoms with Gasteiger partial charge in [0.1, 0.15) is 24.6 Å². The van der Waals surface area contributed by atoms with E-state index in [2.05, 4.69) is 9.98 Å². The lowest BCUT2D eigenvalue weighted by atomic mass is 10.5. The number of rotatable bonds is 4. The SMILES string of the molecule is Cl.Cl.NC(N)=NCc1ccco1.NC(N)=NCc1ccco1. The molecular formula is C12H20Cl2N6O2. The van der Waals surface area contributed by atoms with E-state index in [1.54, 1.807) is 24.7 Å². The third-order valence-electron chi connectivity index (χ3n) is 2.00. The van der Waals surface area contributed by atoms with E-state index in [1.807, 2.05) is 12.1 Å². The van der Waals surface area contributed by atoms with Crippen molar-refractivity contribution in [2.45, 2.75) is 13.1 Å². The standard InChI is InChI=1S/2C6H9N3O.2ClH/c2*7-6(8)9-4-5-2-1-3-10-5;;/h2*1-3H,4H2,(H4,7,8,9);2*1H. The average molecular weight is 351 g/mol. The van der Waals surface area contributed by atoms with Crippen LogP contribution >= 0.6 is 24.8 Å². The summed E-state index contributed by atoms with van der Waals surface area (Å²) in [6.45, 7) is 0.824. The van der Waals surface area contributed by atoms with E-state index in [0.29, 0.717) is 13.1 Å². The minimum absolute atomic E-state index is 0. The molecule has 0 amide bonds. The zero-order valence-corrected chi connectivity index (χ0v) is 13.3. The van der Waals surface area contributed by atoms with Gasteiger partial charge < -0.3 is 31.8 Å². The number of hydrogen-bond donors (Lipinski definition) is 4. The van der Waals surface area contributed by atoms with E-state index in [1.165, 1.54) is 0 Å². The summed E-state index contributed by atoms with van der Waals surface area (Å²) in [5, 5.41) is 0. The van der Waals surface area contributed by atoms with Crippen LogP contribution in [0.2, 0.25) is 0 Å². The van der Waals surface area contributed by atoms with E-state index in [9.17, 15) is 0 Å². The highest BCUT2D eigenvalue weighted by Gasteiger charge is 1.91. The molecule has 0 aliphatic heterocycles. The summed E-state index contributed by atoms with van der Waals surface area (Å²) in [6, 6.07) is 7.20. The molecule has 0 radical (unpaired) electrons. The van der Waals surface area contributed by atoms with E-state index in [-0.39, 0.29) is 36.7 Å². The zero-order valence-electron chi connectivity index (χ0n) is 11.7. The lowest BCUT2D eigenvalue weighted by Gasteiger charge is -1.89. The second-order valence-electron chi connectivity index (χ2n) is 3.64. The van der Waals surface area contributed by atoms with Gasteiger partial charge in [0, 0.05) is 0 Å². The Morgan fingerprint density at radius 2 is 1.14 bits per heavy atom. The summed E-state index contributed by atoms with van der Waals surface area (Å²) in [4.78, 5) is 7.49. The third-order valence-corrected chi connectivity index (χ3v) is 2.00. The predicted molar refractivity (Wildman–Crippen MR) is 90.9 cm³/mol. The predicted octanol–water partition coefficient (Wildman–Crippen LogP) is 0.950. The molecule has 0 aromatic carbocycles. The highest BCUT2D eigenvalue weighted by Crippen LogP contribution is 2.00. The maximum Gasteiger partial charge on any atom is 0.186 e. The molecule has 0 fully saturated rings. The summed E-state index contributed by atoms with van der Waals surface area (Å²) in [6.07, 6.45) is 3.16. The minimum atomic E-state index is 0. The van der Waals surface area contributed by atoms with Crippen LogP contribution in [0.15, 0.2) is 55.6 Å². The molecule has 0 unspecified atom stereocenters. The topological polar surface area (TPSA) is 155 Å². The van der Waals surface area contributed by atoms with Crippen LogP contribution in [0.3, 0.4) is 0 Å². The molecule has 2 aromatic heterocycles. The normalized spacial score (nSPS) is 8.36. The first-order valence-electron chi connectivity index (χ1n) is 5.73. The molecule has 0 saturated heterocycles. The van der Waals surface area contributed by atoms with Gasteiger partial charge in [-0.25, -0.2) is 9.98 Å². The lowest BCUT2D eigenvalue weighted by molar-refractivity contribution is 0.512. The molecule has 0 atom stereocenters. The molecule has 0 saturated carbocycles. The number of furan rings is 2. The first kappa shape index (κ1) is 22.0. The van der Waals surface area contributed by atoms with Gasteiger partial charge in [-0.1, -0.05) is 0 Å². The Morgan fingerprint density at radius 3 is 1.36 bits per heavy atom. The largest absolute Gasteiger partial charge is 0.467 e. The fourth-order valence-electron chi connectivity index (χ4n) is 1.14. The van der Waals surface area contributed by atoms with E-state index in [4.69, 9.17) is 31.8 Å². The molecule has 8 N–H and O–H groups in total. The minimum Gasteiger partial charge on any atom is -0.467 e. The quantitative estimate of drug-likeness (QED) is 0.475. The second-order valence-corrected chi connectivity index (χ2v) is 3.64. The molecule has 8 nitrogen and oxygen atoms in total. The Morgan fingerprint density at radius 1 is 0.773 bits per heavy atom. The van der Waals surface area contributed by atoms with Gasteiger partial charge >= 0.3 is 0 Å². The van der Waals surface area contributed by atoms with Gasteiger partial charge in [0.15, 0.2) is 11.9 Å². The van der Waals surface area contributed by atoms with Crippen LogP contribution in [0.5, 0.6) is 0 Å². The monoisotopic (exact) mass is 350 g/mol. The summed E-state index contributed by atoms with van der Waals surface area (Å²) in [5.41, 5.74) is 20.4. The van der Waals surface area contributed by atoms with Gasteiger partial charge in [0.2, 0.25) is 0 Å². The summed E-state index contributed by atoms with van der Waals surface area (Å²) >= 11 is 0. The lowest BCUT2D eigenvalue weighted by Crippen LogP contribution is -2.22. The first-order chi connectivity index (χ1) is 9.58. The average Bonchev–Trinajstić information content (AvgIpc) is 3.08. The van der Waals surface area contributed by atoms with Crippen molar-refractivity contribution < 1.29 is 8.83 Å². The van der Waals surface area contributed by atoms with Gasteiger partial charge in [-0.3, -0.25) is 0 Å². The molecule has 0 aliphatic rings. The molecule has 0 bridgehead atoms. The number of hydrogen-bond acceptors (Lipinski definition) is 4. The molecule has 2 rings (SSSR count). The highest BCUT2D eigenvalue weighted by molar-refractivity contribution is 5.85. The number of nitrogens with two attached hydrogens (primary N) is 4. The van der Waals surface area contributed by atoms with Crippen LogP contribution < -0.4 is 22.9 Å². The van der Waals surface area contributed by atoms with Crippen LogP contribution in [0.1, 0.15) is 11.5 Å². The van der Waals surface area contributed by atoms with Crippen molar-refractivity contribution in [1.29, 1.82) is 0 Å². The number of halogens is 2. The highest BCUT2D eigenvalue weighted by atomic mass is 35.5. The zero-order chi connectivity index (χ0) is 14.8. The Labute approximate surface area is 140 Å². The molecular weight excluding hydrogens is 331 g/mol. The van der Waals surface area contributed by atoms with Gasteiger partial charge in [-0.2, -0.15) is 0 Å². The van der Waals surface area contributed by atoms with Crippen LogP contribution in [0.25, 0.3) is 0 Å². The Kier molecular flexibility index (Phi) is 12.4. The van der Waals surface area contributed by atoms with Crippen LogP contribution in [0, 0.1) is 0 Å². The number of nitrogens with zero attached hydrogens (tertiary/aromatic N) is 2. The second kappa shape index (κ2) is 12.4. The van der Waals surface area contributed by atoms with Crippen molar-refractivity contribution >= 4 is 36.7 Å². The van der Waals surface area contributed by atoms with Crippen molar-refractivity contribution in [1.82, 2.24) is 0 Å². The number of aliphatic imine (C=N–C) groups is 2. The van der Waals surface area contributed by atoms with Gasteiger partial charge in [-0.05, 0) is 24.3 Å². The van der Waals surface area contributed by atoms with Crippen LogP contribution in [-0.4, -0.2) is 11.9 Å². The van der Waals surface area contributed by atoms with Crippen molar-refractivity contribution in [2.75, 3.05) is 0 Å². The molecule has 10 heteroatoms. The molecule has 2 heterocycles. The summed E-state index contributed by atoms with van der Waals surface area (Å²) in [5.74, 6) is 1.68. The van der Waals surface area contributed by atoms with Crippen molar-refractivity contribution in [3.63, 3.8) is 0 Å². The van der Waals surface area contributed by atoms with E-state index in [0.717, 1.165) is 11.5 Å². The fraction of sp³-hybridized carbons (Fsp3) is 0.167. The van der Waals surface area contributed by atoms with E-state index >= 15 is 0 Å². The summed E-state index contributed by atoms with van der Waals surface area (Å²) < 4.78 is 9.93. The molecule has 22 heavy (non-hydrogen) atoms.